The van der Waals surface area contributed by atoms with Crippen LogP contribution in [0.25, 0.3) is 0 Å². The number of esters is 1. The van der Waals surface area contributed by atoms with Crippen molar-refractivity contribution in [1.29, 1.82) is 0 Å². The average molecular weight is 472 g/mol. The molecular formula is C24H37N7O3. The molecular weight excluding hydrogens is 434 g/mol. The van der Waals surface area contributed by atoms with Crippen molar-refractivity contribution in [3.63, 3.8) is 0 Å². The molecule has 0 bridgehead atoms. The molecule has 0 radical (unpaired) electrons. The van der Waals surface area contributed by atoms with Crippen LogP contribution in [0.15, 0.2) is 24.3 Å². The summed E-state index contributed by atoms with van der Waals surface area (Å²) in [4.78, 5) is 23.1. The summed E-state index contributed by atoms with van der Waals surface area (Å²) in [6, 6.07) is 7.84. The molecule has 0 amide bonds. The van der Waals surface area contributed by atoms with Crippen LogP contribution in [-0.2, 0) is 11.3 Å². The Morgan fingerprint density at radius 3 is 2.44 bits per heavy atom. The van der Waals surface area contributed by atoms with Crippen LogP contribution in [0, 0.1) is 0 Å². The lowest BCUT2D eigenvalue weighted by Gasteiger charge is -2.28. The van der Waals surface area contributed by atoms with Gasteiger partial charge in [-0.05, 0) is 59.2 Å². The summed E-state index contributed by atoms with van der Waals surface area (Å²) >= 11 is 0. The molecule has 10 heteroatoms. The van der Waals surface area contributed by atoms with Crippen molar-refractivity contribution in [1.82, 2.24) is 15.5 Å². The fourth-order valence-corrected chi connectivity index (χ4v) is 3.79. The second-order valence-corrected chi connectivity index (χ2v) is 9.18. The first-order valence-electron chi connectivity index (χ1n) is 11.8. The van der Waals surface area contributed by atoms with E-state index < -0.39 is 0 Å². The summed E-state index contributed by atoms with van der Waals surface area (Å²) in [6.45, 7) is 14.8. The third kappa shape index (κ3) is 5.68. The molecule has 1 aliphatic rings. The number of hydrazine groups is 2. The molecule has 0 saturated carbocycles. The Labute approximate surface area is 201 Å². The number of rotatable bonds is 10. The highest BCUT2D eigenvalue weighted by Gasteiger charge is 2.35. The smallest absolute Gasteiger partial charge is 0.308 e. The van der Waals surface area contributed by atoms with Crippen LogP contribution in [0.5, 0.6) is 5.75 Å². The first kappa shape index (κ1) is 25.5. The number of aliphatic hydroxyl groups is 1. The van der Waals surface area contributed by atoms with E-state index in [0.29, 0.717) is 30.6 Å². The molecule has 0 fully saturated rings. The molecule has 3 N–H and O–H groups in total. The van der Waals surface area contributed by atoms with Gasteiger partial charge in [-0.2, -0.15) is 9.97 Å². The third-order valence-corrected chi connectivity index (χ3v) is 5.41. The number of anilines is 4. The lowest BCUT2D eigenvalue weighted by atomic mass is 10.2. The molecule has 0 spiro atoms. The van der Waals surface area contributed by atoms with Crippen molar-refractivity contribution >= 4 is 29.2 Å². The van der Waals surface area contributed by atoms with Crippen molar-refractivity contribution in [2.75, 3.05) is 33.4 Å². The number of hydrogen-bond donors (Lipinski definition) is 3. The molecule has 2 aromatic rings. The van der Waals surface area contributed by atoms with Gasteiger partial charge in [0.05, 0.1) is 6.61 Å². The maximum absolute atomic E-state index is 11.3. The van der Waals surface area contributed by atoms with E-state index in [1.165, 1.54) is 6.92 Å². The van der Waals surface area contributed by atoms with Gasteiger partial charge in [0.1, 0.15) is 11.4 Å². The third-order valence-electron chi connectivity index (χ3n) is 5.41. The molecule has 0 atom stereocenters. The van der Waals surface area contributed by atoms with E-state index >= 15 is 0 Å². The Morgan fingerprint density at radius 2 is 1.85 bits per heavy atom. The van der Waals surface area contributed by atoms with Crippen LogP contribution in [0.1, 0.15) is 54.0 Å². The molecule has 1 aromatic carbocycles. The number of ether oxygens (including phenoxy) is 1. The molecule has 1 aliphatic heterocycles. The van der Waals surface area contributed by atoms with Crippen molar-refractivity contribution in [3.05, 3.63) is 29.8 Å². The van der Waals surface area contributed by atoms with Crippen molar-refractivity contribution in [2.24, 2.45) is 0 Å². The first-order chi connectivity index (χ1) is 16.1. The fourth-order valence-electron chi connectivity index (χ4n) is 3.79. The number of carbonyl (C=O) groups is 1. The van der Waals surface area contributed by atoms with E-state index in [-0.39, 0.29) is 30.7 Å². The summed E-state index contributed by atoms with van der Waals surface area (Å²) in [6.07, 6.45) is 0. The van der Waals surface area contributed by atoms with Crippen LogP contribution in [0.4, 0.5) is 23.3 Å². The number of fused-ring (bicyclic) bond motifs is 1. The Hall–Kier alpha value is -3.11. The minimum absolute atomic E-state index is 0.00852. The van der Waals surface area contributed by atoms with Gasteiger partial charge in [0.2, 0.25) is 5.95 Å². The van der Waals surface area contributed by atoms with Crippen LogP contribution in [0.3, 0.4) is 0 Å². The minimum Gasteiger partial charge on any atom is -0.427 e. The zero-order chi connectivity index (χ0) is 25.0. The summed E-state index contributed by atoms with van der Waals surface area (Å²) in [5, 5.41) is 17.2. The highest BCUT2D eigenvalue weighted by Crippen LogP contribution is 2.41. The van der Waals surface area contributed by atoms with Crippen LogP contribution in [-0.4, -0.2) is 52.3 Å². The van der Waals surface area contributed by atoms with Gasteiger partial charge in [-0.3, -0.25) is 14.8 Å². The van der Waals surface area contributed by atoms with E-state index in [2.05, 4.69) is 57.4 Å². The van der Waals surface area contributed by atoms with Crippen molar-refractivity contribution in [3.8, 4) is 5.75 Å². The summed E-state index contributed by atoms with van der Waals surface area (Å²) in [7, 11) is 0. The normalized spacial score (nSPS) is 13.1. The van der Waals surface area contributed by atoms with E-state index in [9.17, 15) is 9.90 Å². The van der Waals surface area contributed by atoms with Gasteiger partial charge in [-0.1, -0.05) is 12.1 Å². The SMILES string of the molecule is CC(=O)Oc1cccc(CNc2nc(N(CCO)C(C)C)nc3c2N(C(C)C)NN3C(C)C)c1. The van der Waals surface area contributed by atoms with Crippen molar-refractivity contribution in [2.45, 2.75) is 73.1 Å². The van der Waals surface area contributed by atoms with Gasteiger partial charge in [0.15, 0.2) is 11.6 Å². The number of aromatic nitrogens is 2. The zero-order valence-corrected chi connectivity index (χ0v) is 21.2. The predicted molar refractivity (Wildman–Crippen MR) is 135 cm³/mol. The largest absolute Gasteiger partial charge is 0.427 e. The summed E-state index contributed by atoms with van der Waals surface area (Å²) in [5.41, 5.74) is 5.27. The maximum Gasteiger partial charge on any atom is 0.308 e. The average Bonchev–Trinajstić information content (AvgIpc) is 3.15. The highest BCUT2D eigenvalue weighted by atomic mass is 16.5. The second kappa shape index (κ2) is 10.9. The lowest BCUT2D eigenvalue weighted by Crippen LogP contribution is -2.50. The molecule has 3 rings (SSSR count). The van der Waals surface area contributed by atoms with Gasteiger partial charge in [-0.15, -0.1) is 5.53 Å². The van der Waals surface area contributed by atoms with Crippen molar-refractivity contribution < 1.29 is 14.6 Å². The van der Waals surface area contributed by atoms with E-state index in [1.807, 2.05) is 28.1 Å². The monoisotopic (exact) mass is 471 g/mol. The van der Waals surface area contributed by atoms with Gasteiger partial charge in [0, 0.05) is 38.1 Å². The Kier molecular flexibility index (Phi) is 8.16. The fraction of sp³-hybridized carbons (Fsp3) is 0.542. The molecule has 2 heterocycles. The Bertz CT molecular complexity index is 997. The zero-order valence-electron chi connectivity index (χ0n) is 21.2. The van der Waals surface area contributed by atoms with Crippen LogP contribution in [0.2, 0.25) is 0 Å². The summed E-state index contributed by atoms with van der Waals surface area (Å²) in [5.74, 6) is 2.18. The van der Waals surface area contributed by atoms with Gasteiger partial charge < -0.3 is 20.1 Å². The molecule has 1 aromatic heterocycles. The number of nitrogens with zero attached hydrogens (tertiary/aromatic N) is 5. The number of aliphatic hydroxyl groups excluding tert-OH is 1. The molecule has 0 saturated heterocycles. The Morgan fingerprint density at radius 1 is 1.15 bits per heavy atom. The summed E-state index contributed by atoms with van der Waals surface area (Å²) < 4.78 is 5.23. The maximum atomic E-state index is 11.3. The van der Waals surface area contributed by atoms with Gasteiger partial charge in [-0.25, -0.2) is 0 Å². The van der Waals surface area contributed by atoms with Crippen LogP contribution < -0.4 is 30.5 Å². The molecule has 186 valence electrons. The lowest BCUT2D eigenvalue weighted by molar-refractivity contribution is -0.131. The van der Waals surface area contributed by atoms with E-state index in [4.69, 9.17) is 14.7 Å². The second-order valence-electron chi connectivity index (χ2n) is 9.18. The topological polar surface area (TPSA) is 106 Å². The molecule has 10 nitrogen and oxygen atoms in total. The number of nitrogens with one attached hydrogen (secondary N) is 2. The predicted octanol–water partition coefficient (Wildman–Crippen LogP) is 3.08. The Balaban J connectivity index is 2.04. The number of benzene rings is 1. The first-order valence-corrected chi connectivity index (χ1v) is 11.8. The van der Waals surface area contributed by atoms with Crippen LogP contribution >= 0.6 is 0 Å². The quantitative estimate of drug-likeness (QED) is 0.353. The van der Waals surface area contributed by atoms with Gasteiger partial charge in [0.25, 0.3) is 0 Å². The molecule has 0 aliphatic carbocycles. The van der Waals surface area contributed by atoms with E-state index in [0.717, 1.165) is 17.1 Å². The minimum atomic E-state index is -0.353. The molecule has 34 heavy (non-hydrogen) atoms. The van der Waals surface area contributed by atoms with E-state index in [1.54, 1.807) is 6.07 Å². The highest BCUT2D eigenvalue weighted by molar-refractivity contribution is 5.83. The molecule has 0 unspecified atom stereocenters. The number of hydrogen-bond acceptors (Lipinski definition) is 10. The van der Waals surface area contributed by atoms with Gasteiger partial charge >= 0.3 is 5.97 Å². The standard InChI is InChI=1S/C24H37N7O3/c1-15(2)29(11-12-32)24-26-22(25-14-19-9-8-10-20(13-19)34-18(7)33)21-23(27-24)31(17(5)6)28-30(21)16(3)4/h8-10,13,15-17,28,32H,11-12,14H2,1-7H3,(H,25,26,27). The number of carbonyl (C=O) groups excluding carboxylic acids is 1.